The van der Waals surface area contributed by atoms with Gasteiger partial charge in [-0.3, -0.25) is 4.79 Å². The zero-order valence-electron chi connectivity index (χ0n) is 12.8. The number of carbonyl (C=O) groups excluding carboxylic acids is 2. The highest BCUT2D eigenvalue weighted by Gasteiger charge is 2.23. The summed E-state index contributed by atoms with van der Waals surface area (Å²) in [7, 11) is 0. The second kappa shape index (κ2) is 7.79. The number of nitrogens with one attached hydrogen (secondary N) is 3. The van der Waals surface area contributed by atoms with Crippen LogP contribution in [0.1, 0.15) is 32.6 Å². The normalized spacial score (nSPS) is 22.5. The lowest BCUT2D eigenvalue weighted by Gasteiger charge is -2.28. The summed E-state index contributed by atoms with van der Waals surface area (Å²) in [5.74, 6) is -0.163. The number of anilines is 1. The van der Waals surface area contributed by atoms with Crippen LogP contribution in [0, 0.1) is 0 Å². The van der Waals surface area contributed by atoms with Crippen LogP contribution in [0.4, 0.5) is 10.5 Å². The highest BCUT2D eigenvalue weighted by atomic mass is 16.2. The largest absolute Gasteiger partial charge is 0.352 e. The van der Waals surface area contributed by atoms with Crippen LogP contribution in [0.5, 0.6) is 0 Å². The number of hydrogen-bond acceptors (Lipinski definition) is 3. The minimum absolute atomic E-state index is 0.161. The highest BCUT2D eigenvalue weighted by molar-refractivity contribution is 5.93. The minimum atomic E-state index is -0.584. The van der Waals surface area contributed by atoms with Gasteiger partial charge in [-0.05, 0) is 44.7 Å². The lowest BCUT2D eigenvalue weighted by molar-refractivity contribution is -0.123. The van der Waals surface area contributed by atoms with E-state index < -0.39 is 6.04 Å². The van der Waals surface area contributed by atoms with E-state index in [1.807, 2.05) is 18.2 Å². The van der Waals surface area contributed by atoms with Crippen molar-refractivity contribution in [3.05, 3.63) is 30.3 Å². The molecule has 1 aliphatic carbocycles. The van der Waals surface area contributed by atoms with Crippen molar-refractivity contribution in [3.8, 4) is 0 Å². The Kier molecular flexibility index (Phi) is 5.77. The van der Waals surface area contributed by atoms with E-state index in [2.05, 4.69) is 16.0 Å². The Morgan fingerprint density at radius 3 is 2.41 bits per heavy atom. The van der Waals surface area contributed by atoms with Gasteiger partial charge in [-0.25, -0.2) is 4.79 Å². The third-order valence-electron chi connectivity index (χ3n) is 3.89. The van der Waals surface area contributed by atoms with Crippen LogP contribution in [0.3, 0.4) is 0 Å². The van der Waals surface area contributed by atoms with Crippen molar-refractivity contribution in [2.45, 2.75) is 50.7 Å². The van der Waals surface area contributed by atoms with Crippen LogP contribution in [-0.2, 0) is 4.79 Å². The fourth-order valence-electron chi connectivity index (χ4n) is 2.54. The monoisotopic (exact) mass is 304 g/mol. The number of rotatable bonds is 4. The van der Waals surface area contributed by atoms with Crippen LogP contribution < -0.4 is 21.7 Å². The topological polar surface area (TPSA) is 96.2 Å². The molecule has 0 saturated heterocycles. The van der Waals surface area contributed by atoms with E-state index in [1.165, 1.54) is 0 Å². The third-order valence-corrected chi connectivity index (χ3v) is 3.89. The summed E-state index contributed by atoms with van der Waals surface area (Å²) in [4.78, 5) is 23.9. The van der Waals surface area contributed by atoms with Crippen LogP contribution in [0.2, 0.25) is 0 Å². The van der Waals surface area contributed by atoms with Gasteiger partial charge in [-0.1, -0.05) is 18.2 Å². The summed E-state index contributed by atoms with van der Waals surface area (Å²) in [6.07, 6.45) is 3.66. The van der Waals surface area contributed by atoms with Crippen LogP contribution in [-0.4, -0.2) is 30.1 Å². The van der Waals surface area contributed by atoms with Crippen molar-refractivity contribution in [2.24, 2.45) is 5.73 Å². The lowest BCUT2D eigenvalue weighted by atomic mass is 9.92. The van der Waals surface area contributed by atoms with Gasteiger partial charge < -0.3 is 21.7 Å². The summed E-state index contributed by atoms with van der Waals surface area (Å²) in [6.45, 7) is 1.68. The van der Waals surface area contributed by atoms with E-state index in [-0.39, 0.29) is 24.0 Å². The number of para-hydroxylation sites is 1. The number of urea groups is 1. The molecule has 0 heterocycles. The van der Waals surface area contributed by atoms with Crippen LogP contribution in [0.15, 0.2) is 30.3 Å². The first kappa shape index (κ1) is 16.3. The first-order valence-electron chi connectivity index (χ1n) is 7.73. The summed E-state index contributed by atoms with van der Waals surface area (Å²) in [5, 5.41) is 8.30. The van der Waals surface area contributed by atoms with Gasteiger partial charge >= 0.3 is 6.03 Å². The van der Waals surface area contributed by atoms with Gasteiger partial charge in [0.25, 0.3) is 0 Å². The predicted octanol–water partition coefficient (Wildman–Crippen LogP) is 1.58. The van der Waals surface area contributed by atoms with Gasteiger partial charge in [-0.15, -0.1) is 0 Å². The van der Waals surface area contributed by atoms with Gasteiger partial charge in [0, 0.05) is 17.8 Å². The van der Waals surface area contributed by atoms with Gasteiger partial charge in [-0.2, -0.15) is 0 Å². The van der Waals surface area contributed by atoms with Crippen LogP contribution in [0.25, 0.3) is 0 Å². The first-order valence-corrected chi connectivity index (χ1v) is 7.73. The molecule has 1 atom stereocenters. The molecule has 1 aromatic carbocycles. The minimum Gasteiger partial charge on any atom is -0.352 e. The number of nitrogens with two attached hydrogens (primary N) is 1. The summed E-state index contributed by atoms with van der Waals surface area (Å²) in [6, 6.07) is 8.55. The molecule has 1 fully saturated rings. The third kappa shape index (κ3) is 5.04. The molecule has 0 radical (unpaired) electrons. The molecule has 0 bridgehead atoms. The molecule has 6 heteroatoms. The van der Waals surface area contributed by atoms with E-state index in [1.54, 1.807) is 19.1 Å². The molecule has 1 unspecified atom stereocenters. The quantitative estimate of drug-likeness (QED) is 0.680. The first-order chi connectivity index (χ1) is 10.5. The average Bonchev–Trinajstić information content (AvgIpc) is 2.50. The van der Waals surface area contributed by atoms with Gasteiger partial charge in [0.15, 0.2) is 0 Å². The van der Waals surface area contributed by atoms with Gasteiger partial charge in [0.1, 0.15) is 6.04 Å². The summed E-state index contributed by atoms with van der Waals surface area (Å²) >= 11 is 0. The van der Waals surface area contributed by atoms with Crippen molar-refractivity contribution in [1.82, 2.24) is 10.6 Å². The molecule has 2 rings (SSSR count). The molecule has 120 valence electrons. The smallest absolute Gasteiger partial charge is 0.319 e. The Balaban J connectivity index is 1.75. The maximum absolute atomic E-state index is 12.1. The van der Waals surface area contributed by atoms with Gasteiger partial charge in [0.2, 0.25) is 5.91 Å². The maximum Gasteiger partial charge on any atom is 0.319 e. The molecule has 0 aromatic heterocycles. The van der Waals surface area contributed by atoms with Crippen LogP contribution >= 0.6 is 0 Å². The molecular formula is C16H24N4O2. The zero-order valence-corrected chi connectivity index (χ0v) is 12.8. The molecule has 3 amide bonds. The number of carbonyl (C=O) groups is 2. The Labute approximate surface area is 130 Å². The maximum atomic E-state index is 12.1. The molecular weight excluding hydrogens is 280 g/mol. The molecule has 6 nitrogen and oxygen atoms in total. The summed E-state index contributed by atoms with van der Waals surface area (Å²) < 4.78 is 0. The number of benzene rings is 1. The van der Waals surface area contributed by atoms with Crippen molar-refractivity contribution < 1.29 is 9.59 Å². The van der Waals surface area contributed by atoms with E-state index in [0.717, 1.165) is 25.7 Å². The molecule has 5 N–H and O–H groups in total. The van der Waals surface area contributed by atoms with Crippen molar-refractivity contribution >= 4 is 17.6 Å². The molecule has 1 saturated carbocycles. The molecule has 0 spiro atoms. The Bertz CT molecular complexity index is 498. The van der Waals surface area contributed by atoms with E-state index >= 15 is 0 Å². The van der Waals surface area contributed by atoms with Crippen molar-refractivity contribution in [3.63, 3.8) is 0 Å². The molecule has 1 aliphatic rings. The lowest BCUT2D eigenvalue weighted by Crippen LogP contribution is -2.50. The molecule has 1 aromatic rings. The Morgan fingerprint density at radius 2 is 1.77 bits per heavy atom. The predicted molar refractivity (Wildman–Crippen MR) is 86.4 cm³/mol. The number of hydrogen-bond donors (Lipinski definition) is 4. The fourth-order valence-corrected chi connectivity index (χ4v) is 2.54. The van der Waals surface area contributed by atoms with Crippen molar-refractivity contribution in [1.29, 1.82) is 0 Å². The van der Waals surface area contributed by atoms with E-state index in [4.69, 9.17) is 5.73 Å². The van der Waals surface area contributed by atoms with E-state index in [9.17, 15) is 9.59 Å². The van der Waals surface area contributed by atoms with E-state index in [0.29, 0.717) is 5.69 Å². The van der Waals surface area contributed by atoms with Gasteiger partial charge in [0.05, 0.1) is 0 Å². The average molecular weight is 304 g/mol. The zero-order chi connectivity index (χ0) is 15.9. The Hall–Kier alpha value is -2.08. The van der Waals surface area contributed by atoms with Crippen molar-refractivity contribution in [2.75, 3.05) is 5.32 Å². The second-order valence-electron chi connectivity index (χ2n) is 5.81. The Morgan fingerprint density at radius 1 is 1.14 bits per heavy atom. The summed E-state index contributed by atoms with van der Waals surface area (Å²) in [5.41, 5.74) is 6.54. The fraction of sp³-hybridized carbons (Fsp3) is 0.500. The SMILES string of the molecule is CC(NC(=O)Nc1ccccc1)C(=O)NC1CCC(N)CC1. The second-order valence-corrected chi connectivity index (χ2v) is 5.81. The highest BCUT2D eigenvalue weighted by Crippen LogP contribution is 2.16. The molecule has 22 heavy (non-hydrogen) atoms. The number of amides is 3. The molecule has 0 aliphatic heterocycles. The standard InChI is InChI=1S/C16H24N4O2/c1-11(15(21)19-14-9-7-12(17)8-10-14)18-16(22)20-13-5-3-2-4-6-13/h2-6,11-12,14H,7-10,17H2,1H3,(H,19,21)(H2,18,20,22).